The van der Waals surface area contributed by atoms with Crippen LogP contribution in [0.5, 0.6) is 0 Å². The summed E-state index contributed by atoms with van der Waals surface area (Å²) in [6, 6.07) is 36.7. The first-order valence-corrected chi connectivity index (χ1v) is 40.1. The van der Waals surface area contributed by atoms with E-state index in [1.165, 1.54) is 179 Å². The summed E-state index contributed by atoms with van der Waals surface area (Å²) in [4.78, 5) is 66.6. The average Bonchev–Trinajstić information content (AvgIpc) is 1.57. The summed E-state index contributed by atoms with van der Waals surface area (Å²) in [5.41, 5.74) is 2.65. The predicted molar refractivity (Wildman–Crippen MR) is 379 cm³/mol. The molecule has 0 aliphatic carbocycles. The second-order valence-corrected chi connectivity index (χ2v) is 33.0. The molecule has 8 aromatic rings. The summed E-state index contributed by atoms with van der Waals surface area (Å²) in [5, 5.41) is 15.9. The standard InChI is InChI=1S/C32H32N4O4S3.C28H25N3O7S4.C5H11N.C4H8O/c37-30(23-11-14-29-27(19-23)35-31(38)26-7-2-3-8-28(26)43(29,39)40)33-20-25-21-34-32(42-25)22-9-12-24(13-10-22)41-18-6-17-36-15-4-1-5-16-36;1-41(34,35)38-13-4-14-39-20-10-7-18(8-11-20)28-30-17-21(40-28)16-29-26(32)19-9-12-25-23(15-19)31-27(33)22-5-2-3-6-24(22)42(25,36)37;1-2-4-6-5-3-1;1-2-4-5-3-1/h2-3,7-14,19,21H,1,4-6,15-18,20H2,(H,33,37)(H,35,38);2-3,5-12,15,17H,4,13-14,16H2,1H3,(H,29,32)(H,31,33);6H,1-5H2;1-4H2. The van der Waals surface area contributed by atoms with Crippen LogP contribution in [0.3, 0.4) is 0 Å². The van der Waals surface area contributed by atoms with E-state index in [4.69, 9.17) is 8.92 Å². The third-order valence-corrected chi connectivity index (χ3v) is 24.4. The number of nitrogens with one attached hydrogen (secondary N) is 5. The van der Waals surface area contributed by atoms with Crippen molar-refractivity contribution in [3.8, 4) is 21.1 Å². The number of benzene rings is 6. The molecule has 5 aliphatic heterocycles. The molecular weight excluding hydrogens is 1360 g/mol. The molecule has 0 bridgehead atoms. The van der Waals surface area contributed by atoms with Gasteiger partial charge < -0.3 is 36.2 Å². The molecule has 0 spiro atoms. The molecule has 0 radical (unpaired) electrons. The first-order valence-electron chi connectivity index (χ1n) is 31.8. The number of fused-ring (bicyclic) bond motifs is 4. The van der Waals surface area contributed by atoms with Gasteiger partial charge in [0.2, 0.25) is 19.7 Å². The Hall–Kier alpha value is -7.15. The van der Waals surface area contributed by atoms with Crippen LogP contribution in [0, 0.1) is 0 Å². The average molecular weight is 1430 g/mol. The van der Waals surface area contributed by atoms with Crippen LogP contribution < -0.4 is 26.6 Å². The van der Waals surface area contributed by atoms with Crippen LogP contribution in [0.25, 0.3) is 21.1 Å². The van der Waals surface area contributed by atoms with Gasteiger partial charge in [-0.1, -0.05) is 61.4 Å². The van der Waals surface area contributed by atoms with Crippen LogP contribution in [-0.2, 0) is 51.8 Å². The fraction of sp³-hybridized carbons (Fsp3) is 0.333. The number of hydrogen-bond acceptors (Lipinski definition) is 20. The van der Waals surface area contributed by atoms with Gasteiger partial charge in [-0.3, -0.25) is 23.4 Å². The summed E-state index contributed by atoms with van der Waals surface area (Å²) in [6.07, 6.45) is 17.1. The lowest BCUT2D eigenvalue weighted by Gasteiger charge is -2.26. The second-order valence-electron chi connectivity index (χ2n) is 23.0. The lowest BCUT2D eigenvalue weighted by Crippen LogP contribution is -2.30. The molecule has 0 unspecified atom stereocenters. The van der Waals surface area contributed by atoms with Gasteiger partial charge in [-0.15, -0.1) is 46.2 Å². The smallest absolute Gasteiger partial charge is 0.264 e. The van der Waals surface area contributed by atoms with E-state index in [2.05, 4.69) is 65.7 Å². The lowest BCUT2D eigenvalue weighted by molar-refractivity contribution is 0.0943. The van der Waals surface area contributed by atoms with Crippen molar-refractivity contribution in [1.29, 1.82) is 0 Å². The fourth-order valence-corrected chi connectivity index (χ4v) is 17.8. The Kier molecular flexibility index (Phi) is 25.6. The molecule has 96 heavy (non-hydrogen) atoms. The summed E-state index contributed by atoms with van der Waals surface area (Å²) >= 11 is 6.43. The molecule has 20 nitrogen and oxygen atoms in total. The number of piperidine rings is 2. The van der Waals surface area contributed by atoms with E-state index in [-0.39, 0.29) is 78.8 Å². The molecule has 3 fully saturated rings. The molecule has 5 aliphatic rings. The zero-order valence-electron chi connectivity index (χ0n) is 53.0. The van der Waals surface area contributed by atoms with Crippen molar-refractivity contribution in [2.45, 2.75) is 107 Å². The Morgan fingerprint density at radius 2 is 1.04 bits per heavy atom. The minimum atomic E-state index is -3.96. The molecule has 0 atom stereocenters. The molecule has 3 saturated heterocycles. The number of aromatic nitrogens is 2. The largest absolute Gasteiger partial charge is 0.381 e. The SMILES string of the molecule is C1CCNCC1.C1CCOC1.CS(=O)(=O)OCCCSc1ccc(-c2ncc(CNC(=O)c3ccc4c(c3)NC(=O)c3ccccc3S4(=O)=O)s2)cc1.O=C(NCc1cnc(-c2ccc(SCCCN3CCCCC3)cc2)s1)c1ccc2c(c1)NC(=O)c1ccccc1S2(=O)=O. The summed E-state index contributed by atoms with van der Waals surface area (Å²) in [7, 11) is -11.3. The third-order valence-electron chi connectivity index (χ3n) is 15.8. The number of ether oxygens (including phenoxy) is 1. The van der Waals surface area contributed by atoms with E-state index in [0.717, 1.165) is 66.8 Å². The van der Waals surface area contributed by atoms with Crippen molar-refractivity contribution in [1.82, 2.24) is 30.8 Å². The van der Waals surface area contributed by atoms with Crippen molar-refractivity contribution >= 4 is 111 Å². The summed E-state index contributed by atoms with van der Waals surface area (Å²) in [6.45, 7) is 8.82. The summed E-state index contributed by atoms with van der Waals surface area (Å²) in [5.74, 6) is -0.0783. The van der Waals surface area contributed by atoms with E-state index in [1.807, 2.05) is 36.0 Å². The number of sulfone groups is 2. The number of hydrogen-bond donors (Lipinski definition) is 5. The van der Waals surface area contributed by atoms with Crippen molar-refractivity contribution in [3.63, 3.8) is 0 Å². The van der Waals surface area contributed by atoms with Crippen molar-refractivity contribution < 1.29 is 53.4 Å². The van der Waals surface area contributed by atoms with Gasteiger partial charge in [0, 0.05) is 73.2 Å². The van der Waals surface area contributed by atoms with E-state index in [9.17, 15) is 44.4 Å². The van der Waals surface area contributed by atoms with E-state index in [0.29, 0.717) is 6.42 Å². The molecule has 7 heterocycles. The first-order chi connectivity index (χ1) is 46.4. The molecule has 0 saturated carbocycles. The Morgan fingerprint density at radius 3 is 1.47 bits per heavy atom. The van der Waals surface area contributed by atoms with Gasteiger partial charge in [-0.25, -0.2) is 26.8 Å². The van der Waals surface area contributed by atoms with Crippen molar-refractivity contribution in [2.75, 3.05) is 80.9 Å². The predicted octanol–water partition coefficient (Wildman–Crippen LogP) is 12.3. The van der Waals surface area contributed by atoms with Crippen LogP contribution in [0.2, 0.25) is 0 Å². The van der Waals surface area contributed by atoms with E-state index in [1.54, 1.807) is 48.4 Å². The van der Waals surface area contributed by atoms with Crippen LogP contribution in [-0.4, -0.2) is 134 Å². The van der Waals surface area contributed by atoms with E-state index < -0.39 is 47.5 Å². The van der Waals surface area contributed by atoms with E-state index >= 15 is 0 Å². The maximum atomic E-state index is 13.2. The Morgan fingerprint density at radius 1 is 0.583 bits per heavy atom. The number of thiazole rings is 2. The van der Waals surface area contributed by atoms with Gasteiger partial charge in [0.1, 0.15) is 10.0 Å². The molecule has 5 N–H and O–H groups in total. The highest BCUT2D eigenvalue weighted by Crippen LogP contribution is 2.37. The minimum absolute atomic E-state index is 0.0451. The minimum Gasteiger partial charge on any atom is -0.381 e. The summed E-state index contributed by atoms with van der Waals surface area (Å²) < 4.78 is 84.5. The number of amides is 4. The molecule has 6 aromatic carbocycles. The topological polar surface area (TPSA) is 278 Å². The fourth-order valence-electron chi connectivity index (χ4n) is 10.8. The number of anilines is 2. The highest BCUT2D eigenvalue weighted by molar-refractivity contribution is 7.99. The Labute approximate surface area is 577 Å². The number of carbonyl (C=O) groups is 4. The quantitative estimate of drug-likeness (QED) is 0.0286. The zero-order chi connectivity index (χ0) is 67.5. The highest BCUT2D eigenvalue weighted by Gasteiger charge is 2.33. The molecule has 13 rings (SSSR count). The van der Waals surface area contributed by atoms with Crippen LogP contribution in [0.15, 0.2) is 175 Å². The van der Waals surface area contributed by atoms with Crippen LogP contribution >= 0.6 is 46.2 Å². The Balaban J connectivity index is 0.000000179. The van der Waals surface area contributed by atoms with Crippen LogP contribution in [0.4, 0.5) is 11.4 Å². The van der Waals surface area contributed by atoms with Gasteiger partial charge in [-0.2, -0.15) is 8.42 Å². The number of likely N-dealkylation sites (tertiary alicyclic amines) is 1. The van der Waals surface area contributed by atoms with Gasteiger partial charge in [-0.05, 0) is 175 Å². The van der Waals surface area contributed by atoms with Crippen molar-refractivity contribution in [2.24, 2.45) is 0 Å². The normalized spacial score (nSPS) is 16.0. The molecule has 506 valence electrons. The molecular formula is C69H76N8O12S7. The van der Waals surface area contributed by atoms with Crippen molar-refractivity contribution in [3.05, 3.63) is 178 Å². The highest BCUT2D eigenvalue weighted by atomic mass is 32.2. The second kappa shape index (κ2) is 34.4. The lowest BCUT2D eigenvalue weighted by atomic mass is 10.1. The first kappa shape index (κ1) is 71.6. The number of rotatable bonds is 19. The van der Waals surface area contributed by atoms with Gasteiger partial charge in [0.25, 0.3) is 33.7 Å². The zero-order valence-corrected chi connectivity index (χ0v) is 58.7. The molecule has 27 heteroatoms. The Bertz CT molecular complexity index is 4340. The monoisotopic (exact) mass is 1430 g/mol. The molecule has 2 aromatic heterocycles. The van der Waals surface area contributed by atoms with Gasteiger partial charge in [0.05, 0.1) is 68.0 Å². The van der Waals surface area contributed by atoms with Gasteiger partial charge in [0.15, 0.2) is 0 Å². The molecule has 4 amide bonds. The number of nitrogens with zero attached hydrogens (tertiary/aromatic N) is 3. The number of carbonyl (C=O) groups excluding carboxylic acids is 4. The maximum absolute atomic E-state index is 13.2. The maximum Gasteiger partial charge on any atom is 0.264 e. The van der Waals surface area contributed by atoms with Crippen LogP contribution in [0.1, 0.15) is 115 Å². The number of thioether (sulfide) groups is 2. The van der Waals surface area contributed by atoms with Gasteiger partial charge >= 0.3 is 0 Å². The third kappa shape index (κ3) is 19.8.